The van der Waals surface area contributed by atoms with Gasteiger partial charge in [0, 0.05) is 44.2 Å². The lowest BCUT2D eigenvalue weighted by molar-refractivity contribution is 0.0567. The van der Waals surface area contributed by atoms with Crippen molar-refractivity contribution in [3.8, 4) is 0 Å². The van der Waals surface area contributed by atoms with E-state index < -0.39 is 0 Å². The van der Waals surface area contributed by atoms with Crippen LogP contribution in [0.3, 0.4) is 0 Å². The maximum atomic E-state index is 13.3. The minimum Gasteiger partial charge on any atom is -0.335 e. The Labute approximate surface area is 166 Å². The summed E-state index contributed by atoms with van der Waals surface area (Å²) in [5, 5.41) is 5.75. The molecule has 1 aromatic carbocycles. The van der Waals surface area contributed by atoms with Gasteiger partial charge in [-0.3, -0.25) is 14.5 Å². The Morgan fingerprint density at radius 1 is 1.07 bits per heavy atom. The van der Waals surface area contributed by atoms with E-state index in [0.29, 0.717) is 29.1 Å². The quantitative estimate of drug-likeness (QED) is 0.816. The van der Waals surface area contributed by atoms with Crippen LogP contribution < -0.4 is 5.56 Å². The lowest BCUT2D eigenvalue weighted by Crippen LogP contribution is -2.51. The minimum absolute atomic E-state index is 0.0558. The van der Waals surface area contributed by atoms with E-state index in [1.807, 2.05) is 36.9 Å². The summed E-state index contributed by atoms with van der Waals surface area (Å²) in [5.74, 6) is 0.226. The fourth-order valence-electron chi connectivity index (χ4n) is 4.57. The van der Waals surface area contributed by atoms with Crippen LogP contribution in [0.15, 0.2) is 29.1 Å². The summed E-state index contributed by atoms with van der Waals surface area (Å²) in [6.45, 7) is 7.93. The SMILES string of the molecule is CC(C)Cn1nc(C(=O)N2CCN(C3CCCC3)CC2)c2ccccc2c1=O. The van der Waals surface area contributed by atoms with Crippen molar-refractivity contribution >= 4 is 16.7 Å². The summed E-state index contributed by atoms with van der Waals surface area (Å²) in [6.07, 6.45) is 5.24. The third-order valence-corrected chi connectivity index (χ3v) is 6.05. The number of hydrogen-bond donors (Lipinski definition) is 0. The number of amides is 1. The molecule has 4 rings (SSSR count). The molecular weight excluding hydrogens is 352 g/mol. The highest BCUT2D eigenvalue weighted by Gasteiger charge is 2.29. The van der Waals surface area contributed by atoms with Crippen LogP contribution in [0.25, 0.3) is 10.8 Å². The van der Waals surface area contributed by atoms with Crippen LogP contribution in [-0.2, 0) is 6.54 Å². The molecule has 1 saturated carbocycles. The van der Waals surface area contributed by atoms with Crippen molar-refractivity contribution in [3.05, 3.63) is 40.3 Å². The van der Waals surface area contributed by atoms with Crippen molar-refractivity contribution in [1.82, 2.24) is 19.6 Å². The summed E-state index contributed by atoms with van der Waals surface area (Å²) >= 11 is 0. The molecule has 6 heteroatoms. The highest BCUT2D eigenvalue weighted by molar-refractivity contribution is 6.04. The van der Waals surface area contributed by atoms with Crippen molar-refractivity contribution in [3.63, 3.8) is 0 Å². The molecule has 2 aromatic rings. The maximum Gasteiger partial charge on any atom is 0.275 e. The highest BCUT2D eigenvalue weighted by atomic mass is 16.2. The number of carbonyl (C=O) groups excluding carboxylic acids is 1. The first kappa shape index (κ1) is 19.1. The molecule has 150 valence electrons. The van der Waals surface area contributed by atoms with Crippen molar-refractivity contribution in [1.29, 1.82) is 0 Å². The molecule has 0 atom stereocenters. The Balaban J connectivity index is 1.60. The molecule has 0 N–H and O–H groups in total. The van der Waals surface area contributed by atoms with Crippen LogP contribution in [0.5, 0.6) is 0 Å². The van der Waals surface area contributed by atoms with E-state index >= 15 is 0 Å². The van der Waals surface area contributed by atoms with Gasteiger partial charge in [-0.05, 0) is 24.8 Å². The molecule has 28 heavy (non-hydrogen) atoms. The van der Waals surface area contributed by atoms with Crippen LogP contribution in [-0.4, -0.2) is 57.7 Å². The van der Waals surface area contributed by atoms with Crippen molar-refractivity contribution in [2.75, 3.05) is 26.2 Å². The standard InChI is InChI=1S/C22H30N4O2/c1-16(2)15-26-21(27)19-10-6-5-9-18(19)20(23-26)22(28)25-13-11-24(12-14-25)17-7-3-4-8-17/h5-6,9-10,16-17H,3-4,7-8,11-15H2,1-2H3. The molecule has 1 amide bonds. The fraction of sp³-hybridized carbons (Fsp3) is 0.591. The van der Waals surface area contributed by atoms with E-state index in [9.17, 15) is 9.59 Å². The second kappa shape index (κ2) is 8.03. The molecule has 6 nitrogen and oxygen atoms in total. The maximum absolute atomic E-state index is 13.3. The second-order valence-corrected chi connectivity index (χ2v) is 8.54. The van der Waals surface area contributed by atoms with Gasteiger partial charge in [-0.1, -0.05) is 44.9 Å². The van der Waals surface area contributed by atoms with Crippen LogP contribution >= 0.6 is 0 Å². The molecule has 1 aliphatic heterocycles. The van der Waals surface area contributed by atoms with Crippen LogP contribution in [0, 0.1) is 5.92 Å². The monoisotopic (exact) mass is 382 g/mol. The predicted molar refractivity (Wildman–Crippen MR) is 111 cm³/mol. The van der Waals surface area contributed by atoms with Gasteiger partial charge in [-0.2, -0.15) is 5.10 Å². The minimum atomic E-state index is -0.119. The van der Waals surface area contributed by atoms with Crippen molar-refractivity contribution < 1.29 is 4.79 Å². The summed E-state index contributed by atoms with van der Waals surface area (Å²) in [6, 6.07) is 8.05. The van der Waals surface area contributed by atoms with Crippen molar-refractivity contribution in [2.24, 2.45) is 5.92 Å². The van der Waals surface area contributed by atoms with Gasteiger partial charge >= 0.3 is 0 Å². The van der Waals surface area contributed by atoms with Gasteiger partial charge in [0.1, 0.15) is 0 Å². The molecule has 0 spiro atoms. The van der Waals surface area contributed by atoms with E-state index in [1.54, 1.807) is 6.07 Å². The summed E-state index contributed by atoms with van der Waals surface area (Å²) in [4.78, 5) is 30.5. The predicted octanol–water partition coefficient (Wildman–Crippen LogP) is 2.75. The van der Waals surface area contributed by atoms with Gasteiger partial charge in [-0.25, -0.2) is 4.68 Å². The van der Waals surface area contributed by atoms with Gasteiger partial charge in [0.05, 0.1) is 5.39 Å². The molecular formula is C22H30N4O2. The van der Waals surface area contributed by atoms with Crippen LogP contribution in [0.2, 0.25) is 0 Å². The Kier molecular flexibility index (Phi) is 5.49. The zero-order valence-corrected chi connectivity index (χ0v) is 16.9. The first-order chi connectivity index (χ1) is 13.5. The topological polar surface area (TPSA) is 58.4 Å². The zero-order chi connectivity index (χ0) is 19.7. The molecule has 2 aliphatic rings. The number of aromatic nitrogens is 2. The number of rotatable bonds is 4. The number of fused-ring (bicyclic) bond motifs is 1. The van der Waals surface area contributed by atoms with Crippen LogP contribution in [0.1, 0.15) is 50.0 Å². The Morgan fingerprint density at radius 3 is 2.36 bits per heavy atom. The van der Waals surface area contributed by atoms with E-state index in [0.717, 1.165) is 26.2 Å². The number of nitrogens with zero attached hydrogens (tertiary/aromatic N) is 4. The first-order valence-corrected chi connectivity index (χ1v) is 10.6. The van der Waals surface area contributed by atoms with E-state index in [-0.39, 0.29) is 17.4 Å². The third-order valence-electron chi connectivity index (χ3n) is 6.05. The molecule has 2 fully saturated rings. The largest absolute Gasteiger partial charge is 0.335 e. The Morgan fingerprint density at radius 2 is 1.71 bits per heavy atom. The molecule has 0 unspecified atom stereocenters. The summed E-state index contributed by atoms with van der Waals surface area (Å²) < 4.78 is 1.47. The Bertz CT molecular complexity index is 906. The second-order valence-electron chi connectivity index (χ2n) is 8.54. The normalized spacial score (nSPS) is 19.0. The summed E-state index contributed by atoms with van der Waals surface area (Å²) in [7, 11) is 0. The smallest absolute Gasteiger partial charge is 0.275 e. The van der Waals surface area contributed by atoms with Crippen molar-refractivity contribution in [2.45, 2.75) is 52.1 Å². The Hall–Kier alpha value is -2.21. The number of carbonyl (C=O) groups is 1. The van der Waals surface area contributed by atoms with Gasteiger partial charge < -0.3 is 4.90 Å². The molecule has 1 saturated heterocycles. The van der Waals surface area contributed by atoms with Gasteiger partial charge in [0.25, 0.3) is 11.5 Å². The van der Waals surface area contributed by atoms with Gasteiger partial charge in [0.15, 0.2) is 5.69 Å². The zero-order valence-electron chi connectivity index (χ0n) is 16.9. The average Bonchev–Trinajstić information content (AvgIpc) is 3.24. The lowest BCUT2D eigenvalue weighted by atomic mass is 10.1. The molecule has 1 aromatic heterocycles. The van der Waals surface area contributed by atoms with Gasteiger partial charge in [-0.15, -0.1) is 0 Å². The molecule has 0 radical (unpaired) electrons. The van der Waals surface area contributed by atoms with E-state index in [4.69, 9.17) is 0 Å². The van der Waals surface area contributed by atoms with Crippen LogP contribution in [0.4, 0.5) is 0 Å². The van der Waals surface area contributed by atoms with Gasteiger partial charge in [0.2, 0.25) is 0 Å². The third kappa shape index (κ3) is 3.70. The first-order valence-electron chi connectivity index (χ1n) is 10.6. The average molecular weight is 383 g/mol. The highest BCUT2D eigenvalue weighted by Crippen LogP contribution is 2.25. The number of hydrogen-bond acceptors (Lipinski definition) is 4. The number of benzene rings is 1. The summed E-state index contributed by atoms with van der Waals surface area (Å²) in [5.41, 5.74) is 0.289. The lowest BCUT2D eigenvalue weighted by Gasteiger charge is -2.38. The molecule has 1 aliphatic carbocycles. The molecule has 2 heterocycles. The van der Waals surface area contributed by atoms with E-state index in [2.05, 4.69) is 10.00 Å². The number of piperazine rings is 1. The fourth-order valence-corrected chi connectivity index (χ4v) is 4.57. The van der Waals surface area contributed by atoms with E-state index in [1.165, 1.54) is 30.4 Å². The molecule has 0 bridgehead atoms.